The molecule has 0 atom stereocenters. The van der Waals surface area contributed by atoms with Crippen LogP contribution in [0.3, 0.4) is 0 Å². The van der Waals surface area contributed by atoms with Gasteiger partial charge in [-0.25, -0.2) is 9.78 Å². The van der Waals surface area contributed by atoms with E-state index in [1.807, 2.05) is 30.3 Å². The van der Waals surface area contributed by atoms with E-state index in [1.54, 1.807) is 24.3 Å². The Morgan fingerprint density at radius 1 is 1.12 bits per heavy atom. The fraction of sp³-hybridized carbons (Fsp3) is 0.105. The lowest BCUT2D eigenvalue weighted by Crippen LogP contribution is -2.15. The number of hydrogen-bond acceptors (Lipinski definition) is 5. The third kappa shape index (κ3) is 4.11. The number of aromatic nitrogens is 1. The summed E-state index contributed by atoms with van der Waals surface area (Å²) >= 11 is 0. The molecule has 1 heterocycles. The Morgan fingerprint density at radius 2 is 1.92 bits per heavy atom. The largest absolute Gasteiger partial charge is 0.465 e. The zero-order chi connectivity index (χ0) is 17.6. The van der Waals surface area contributed by atoms with Crippen LogP contribution >= 0.6 is 0 Å². The van der Waals surface area contributed by atoms with Crippen molar-refractivity contribution in [2.75, 3.05) is 12.4 Å². The van der Waals surface area contributed by atoms with Gasteiger partial charge in [0.05, 0.1) is 24.8 Å². The summed E-state index contributed by atoms with van der Waals surface area (Å²) < 4.78 is 10.1. The van der Waals surface area contributed by atoms with Gasteiger partial charge in [0.1, 0.15) is 6.26 Å². The Bertz CT molecular complexity index is 887. The molecule has 6 heteroatoms. The molecule has 0 saturated carbocycles. The zero-order valence-corrected chi connectivity index (χ0v) is 13.6. The molecule has 2 aromatic carbocycles. The number of rotatable bonds is 5. The van der Waals surface area contributed by atoms with Crippen molar-refractivity contribution < 1.29 is 18.7 Å². The van der Waals surface area contributed by atoms with Crippen molar-refractivity contribution in [1.29, 1.82) is 0 Å². The molecule has 6 nitrogen and oxygen atoms in total. The molecule has 126 valence electrons. The molecular weight excluding hydrogens is 320 g/mol. The van der Waals surface area contributed by atoms with E-state index in [4.69, 9.17) is 4.42 Å². The van der Waals surface area contributed by atoms with Crippen molar-refractivity contribution in [3.63, 3.8) is 0 Å². The molecule has 3 rings (SSSR count). The second-order valence-electron chi connectivity index (χ2n) is 5.31. The van der Waals surface area contributed by atoms with Gasteiger partial charge in [0.25, 0.3) is 0 Å². The fourth-order valence-electron chi connectivity index (χ4n) is 2.31. The van der Waals surface area contributed by atoms with Gasteiger partial charge in [-0.05, 0) is 30.3 Å². The third-order valence-electron chi connectivity index (χ3n) is 3.48. The highest BCUT2D eigenvalue weighted by Crippen LogP contribution is 2.18. The first-order valence-corrected chi connectivity index (χ1v) is 7.64. The number of carbonyl (C=O) groups excluding carboxylic acids is 2. The van der Waals surface area contributed by atoms with Crippen LogP contribution in [0.25, 0.3) is 11.5 Å². The van der Waals surface area contributed by atoms with Crippen LogP contribution in [0.15, 0.2) is 65.3 Å². The SMILES string of the molecule is COC(=O)c1cccc(NC(=O)Cc2coc(-c3ccccc3)n2)c1. The highest BCUT2D eigenvalue weighted by molar-refractivity contribution is 5.95. The minimum Gasteiger partial charge on any atom is -0.465 e. The number of amides is 1. The summed E-state index contributed by atoms with van der Waals surface area (Å²) in [6.07, 6.45) is 1.53. The maximum atomic E-state index is 12.2. The van der Waals surface area contributed by atoms with Crippen molar-refractivity contribution in [2.45, 2.75) is 6.42 Å². The maximum absolute atomic E-state index is 12.2. The van der Waals surface area contributed by atoms with Gasteiger partial charge in [-0.1, -0.05) is 24.3 Å². The molecule has 1 aromatic heterocycles. The number of nitrogens with one attached hydrogen (secondary N) is 1. The van der Waals surface area contributed by atoms with Crippen molar-refractivity contribution in [1.82, 2.24) is 4.98 Å². The summed E-state index contributed by atoms with van der Waals surface area (Å²) in [7, 11) is 1.31. The van der Waals surface area contributed by atoms with Gasteiger partial charge in [-0.15, -0.1) is 0 Å². The molecule has 0 fully saturated rings. The fourth-order valence-corrected chi connectivity index (χ4v) is 2.31. The number of ether oxygens (including phenoxy) is 1. The Balaban J connectivity index is 1.65. The number of hydrogen-bond donors (Lipinski definition) is 1. The van der Waals surface area contributed by atoms with Crippen molar-refractivity contribution in [3.05, 3.63) is 72.1 Å². The van der Waals surface area contributed by atoms with Crippen molar-refractivity contribution >= 4 is 17.6 Å². The van der Waals surface area contributed by atoms with Crippen LogP contribution in [0.4, 0.5) is 5.69 Å². The van der Waals surface area contributed by atoms with E-state index >= 15 is 0 Å². The van der Waals surface area contributed by atoms with E-state index in [-0.39, 0.29) is 12.3 Å². The highest BCUT2D eigenvalue weighted by Gasteiger charge is 2.12. The zero-order valence-electron chi connectivity index (χ0n) is 13.6. The molecule has 0 radical (unpaired) electrons. The first-order valence-electron chi connectivity index (χ1n) is 7.64. The lowest BCUT2D eigenvalue weighted by Gasteiger charge is -2.05. The lowest BCUT2D eigenvalue weighted by molar-refractivity contribution is -0.115. The molecule has 0 spiro atoms. The quantitative estimate of drug-likeness (QED) is 0.723. The smallest absolute Gasteiger partial charge is 0.337 e. The van der Waals surface area contributed by atoms with Crippen LogP contribution in [0.2, 0.25) is 0 Å². The van der Waals surface area contributed by atoms with Gasteiger partial charge >= 0.3 is 5.97 Å². The predicted octanol–water partition coefficient (Wildman–Crippen LogP) is 3.31. The number of oxazole rings is 1. The van der Waals surface area contributed by atoms with Gasteiger partial charge in [0, 0.05) is 11.3 Å². The Hall–Kier alpha value is -3.41. The summed E-state index contributed by atoms with van der Waals surface area (Å²) in [4.78, 5) is 28.0. The average molecular weight is 336 g/mol. The summed E-state index contributed by atoms with van der Waals surface area (Å²) in [5, 5.41) is 2.73. The number of nitrogens with zero attached hydrogens (tertiary/aromatic N) is 1. The van der Waals surface area contributed by atoms with Gasteiger partial charge in [0.2, 0.25) is 11.8 Å². The van der Waals surface area contributed by atoms with Gasteiger partial charge in [0.15, 0.2) is 0 Å². The van der Waals surface area contributed by atoms with Crippen molar-refractivity contribution in [2.24, 2.45) is 0 Å². The molecule has 3 aromatic rings. The van der Waals surface area contributed by atoms with Gasteiger partial charge < -0.3 is 14.5 Å². The Labute approximate surface area is 144 Å². The molecule has 0 unspecified atom stereocenters. The number of methoxy groups -OCH3 is 1. The lowest BCUT2D eigenvalue weighted by atomic mass is 10.2. The average Bonchev–Trinajstić information content (AvgIpc) is 3.10. The van der Waals surface area contributed by atoms with E-state index in [0.717, 1.165) is 5.56 Å². The molecule has 0 bridgehead atoms. The maximum Gasteiger partial charge on any atom is 0.337 e. The van der Waals surface area contributed by atoms with E-state index in [1.165, 1.54) is 13.4 Å². The van der Waals surface area contributed by atoms with E-state index in [0.29, 0.717) is 22.8 Å². The molecule has 1 N–H and O–H groups in total. The third-order valence-corrected chi connectivity index (χ3v) is 3.48. The summed E-state index contributed by atoms with van der Waals surface area (Å²) in [6.45, 7) is 0. The topological polar surface area (TPSA) is 81.4 Å². The van der Waals surface area contributed by atoms with E-state index in [9.17, 15) is 9.59 Å². The molecule has 0 aliphatic heterocycles. The number of carbonyl (C=O) groups is 2. The first kappa shape index (κ1) is 16.4. The minimum atomic E-state index is -0.458. The minimum absolute atomic E-state index is 0.0682. The summed E-state index contributed by atoms with van der Waals surface area (Å²) in [5.41, 5.74) is 2.26. The van der Waals surface area contributed by atoms with Crippen LogP contribution in [-0.4, -0.2) is 24.0 Å². The summed E-state index contributed by atoms with van der Waals surface area (Å²) in [6, 6.07) is 16.0. The van der Waals surface area contributed by atoms with Crippen molar-refractivity contribution in [3.8, 4) is 11.5 Å². The Kier molecular flexibility index (Phi) is 4.89. The second-order valence-corrected chi connectivity index (χ2v) is 5.31. The predicted molar refractivity (Wildman–Crippen MR) is 92.1 cm³/mol. The van der Waals surface area contributed by atoms with E-state index in [2.05, 4.69) is 15.0 Å². The number of esters is 1. The van der Waals surface area contributed by atoms with Crippen LogP contribution in [-0.2, 0) is 16.0 Å². The van der Waals surface area contributed by atoms with E-state index < -0.39 is 5.97 Å². The number of anilines is 1. The van der Waals surface area contributed by atoms with Crippen LogP contribution in [0, 0.1) is 0 Å². The second kappa shape index (κ2) is 7.44. The van der Waals surface area contributed by atoms with Crippen LogP contribution < -0.4 is 5.32 Å². The normalized spacial score (nSPS) is 10.3. The number of benzene rings is 2. The van der Waals surface area contributed by atoms with Crippen LogP contribution in [0.5, 0.6) is 0 Å². The summed E-state index contributed by atoms with van der Waals surface area (Å²) in [5.74, 6) is -0.244. The molecule has 0 aliphatic rings. The molecule has 1 amide bonds. The highest BCUT2D eigenvalue weighted by atomic mass is 16.5. The first-order chi connectivity index (χ1) is 12.2. The van der Waals surface area contributed by atoms with Gasteiger partial charge in [-0.2, -0.15) is 0 Å². The molecule has 0 aliphatic carbocycles. The molecular formula is C19H16N2O4. The Morgan fingerprint density at radius 3 is 2.68 bits per heavy atom. The molecule has 25 heavy (non-hydrogen) atoms. The van der Waals surface area contributed by atoms with Crippen LogP contribution in [0.1, 0.15) is 16.1 Å². The standard InChI is InChI=1S/C19H16N2O4/c1-24-19(23)14-8-5-9-15(10-14)20-17(22)11-16-12-25-18(21-16)13-6-3-2-4-7-13/h2-10,12H,11H2,1H3,(H,20,22). The monoisotopic (exact) mass is 336 g/mol. The van der Waals surface area contributed by atoms with Gasteiger partial charge in [-0.3, -0.25) is 4.79 Å². The molecule has 0 saturated heterocycles.